The van der Waals surface area contributed by atoms with E-state index in [2.05, 4.69) is 34.9 Å². The number of hydrogen-bond acceptors (Lipinski definition) is 5. The van der Waals surface area contributed by atoms with Crippen molar-refractivity contribution in [3.05, 3.63) is 64.9 Å². The summed E-state index contributed by atoms with van der Waals surface area (Å²) < 4.78 is 13.2. The van der Waals surface area contributed by atoms with E-state index in [1.165, 1.54) is 23.5 Å². The minimum absolute atomic E-state index is 0.0167. The monoisotopic (exact) mass is 436 g/mol. The van der Waals surface area contributed by atoms with E-state index in [0.29, 0.717) is 12.6 Å². The second-order valence-electron chi connectivity index (χ2n) is 8.41. The number of anilines is 2. The number of aromatic nitrogens is 1. The van der Waals surface area contributed by atoms with Crippen LogP contribution in [-0.2, 0) is 6.42 Å². The Labute approximate surface area is 185 Å². The number of benzene rings is 1. The molecule has 2 aliphatic heterocycles. The van der Waals surface area contributed by atoms with E-state index in [4.69, 9.17) is 0 Å². The van der Waals surface area contributed by atoms with Gasteiger partial charge >= 0.3 is 0 Å². The van der Waals surface area contributed by atoms with Crippen LogP contribution >= 0.6 is 11.3 Å². The molecule has 0 saturated carbocycles. The number of amides is 1. The lowest BCUT2D eigenvalue weighted by atomic mass is 10.1. The van der Waals surface area contributed by atoms with E-state index in [9.17, 15) is 9.18 Å². The maximum atomic E-state index is 13.2. The fourth-order valence-corrected chi connectivity index (χ4v) is 5.52. The van der Waals surface area contributed by atoms with Crippen LogP contribution in [0, 0.1) is 5.82 Å². The van der Waals surface area contributed by atoms with E-state index < -0.39 is 0 Å². The highest BCUT2D eigenvalue weighted by atomic mass is 32.1. The molecule has 2 aromatic heterocycles. The number of pyridine rings is 1. The molecule has 31 heavy (non-hydrogen) atoms. The highest BCUT2D eigenvalue weighted by Crippen LogP contribution is 2.36. The van der Waals surface area contributed by atoms with Gasteiger partial charge in [0, 0.05) is 30.6 Å². The first-order chi connectivity index (χ1) is 15.0. The van der Waals surface area contributed by atoms with E-state index in [-0.39, 0.29) is 11.7 Å². The SMILES string of the molecule is CN(C)C1CCN(c2ccc(N3CCc4cc(-c5ccc(F)cc5)sc4C3=O)cn2)C1. The molecule has 0 radical (unpaired) electrons. The predicted molar refractivity (Wildman–Crippen MR) is 124 cm³/mol. The average molecular weight is 437 g/mol. The van der Waals surface area contributed by atoms with E-state index >= 15 is 0 Å². The molecule has 0 bridgehead atoms. The van der Waals surface area contributed by atoms with Gasteiger partial charge in [-0.25, -0.2) is 9.37 Å². The van der Waals surface area contributed by atoms with Crippen LogP contribution in [0.5, 0.6) is 0 Å². The van der Waals surface area contributed by atoms with Crippen LogP contribution in [-0.4, -0.2) is 55.6 Å². The first-order valence-electron chi connectivity index (χ1n) is 10.6. The molecule has 1 saturated heterocycles. The molecule has 1 aromatic carbocycles. The van der Waals surface area contributed by atoms with Crippen LogP contribution in [0.1, 0.15) is 21.7 Å². The number of likely N-dealkylation sites (N-methyl/N-ethyl adjacent to an activating group) is 1. The molecule has 3 aromatic rings. The molecule has 0 spiro atoms. The Bertz CT molecular complexity index is 1090. The second kappa shape index (κ2) is 8.05. The van der Waals surface area contributed by atoms with Crippen LogP contribution in [0.2, 0.25) is 0 Å². The van der Waals surface area contributed by atoms with Crippen LogP contribution in [0.4, 0.5) is 15.9 Å². The smallest absolute Gasteiger partial charge is 0.268 e. The summed E-state index contributed by atoms with van der Waals surface area (Å²) in [5, 5.41) is 0. The van der Waals surface area contributed by atoms with Crippen molar-refractivity contribution in [2.24, 2.45) is 0 Å². The van der Waals surface area contributed by atoms with Crippen LogP contribution < -0.4 is 9.80 Å². The molecule has 0 N–H and O–H groups in total. The fourth-order valence-electron chi connectivity index (χ4n) is 4.35. The summed E-state index contributed by atoms with van der Waals surface area (Å²) in [6.45, 7) is 2.62. The molecule has 1 unspecified atom stereocenters. The largest absolute Gasteiger partial charge is 0.355 e. The number of nitrogens with zero attached hydrogens (tertiary/aromatic N) is 4. The molecule has 2 aliphatic rings. The minimum Gasteiger partial charge on any atom is -0.355 e. The average Bonchev–Trinajstić information content (AvgIpc) is 3.43. The van der Waals surface area contributed by atoms with Crippen molar-refractivity contribution < 1.29 is 9.18 Å². The zero-order valence-corrected chi connectivity index (χ0v) is 18.5. The number of thiophene rings is 1. The summed E-state index contributed by atoms with van der Waals surface area (Å²) >= 11 is 1.48. The van der Waals surface area contributed by atoms with Gasteiger partial charge in [0.2, 0.25) is 0 Å². The van der Waals surface area contributed by atoms with Crippen LogP contribution in [0.3, 0.4) is 0 Å². The van der Waals surface area contributed by atoms with Crippen molar-refractivity contribution in [1.29, 1.82) is 0 Å². The van der Waals surface area contributed by atoms with Gasteiger partial charge in [0.25, 0.3) is 5.91 Å². The molecule has 160 valence electrons. The molecule has 5 nitrogen and oxygen atoms in total. The molecule has 4 heterocycles. The zero-order valence-electron chi connectivity index (χ0n) is 17.7. The summed E-state index contributed by atoms with van der Waals surface area (Å²) in [5.41, 5.74) is 2.84. The number of rotatable bonds is 4. The minimum atomic E-state index is -0.255. The van der Waals surface area contributed by atoms with Crippen molar-refractivity contribution in [2.45, 2.75) is 18.9 Å². The number of hydrogen-bond donors (Lipinski definition) is 0. The lowest BCUT2D eigenvalue weighted by molar-refractivity contribution is 0.0985. The van der Waals surface area contributed by atoms with Crippen molar-refractivity contribution in [3.63, 3.8) is 0 Å². The number of halogens is 1. The van der Waals surface area contributed by atoms with Crippen LogP contribution in [0.15, 0.2) is 48.7 Å². The summed E-state index contributed by atoms with van der Waals surface area (Å²) in [5.74, 6) is 0.727. The summed E-state index contributed by atoms with van der Waals surface area (Å²) in [7, 11) is 4.24. The third-order valence-electron chi connectivity index (χ3n) is 6.24. The summed E-state index contributed by atoms with van der Waals surface area (Å²) in [6.07, 6.45) is 3.76. The second-order valence-corrected chi connectivity index (χ2v) is 9.46. The van der Waals surface area contributed by atoms with Gasteiger partial charge in [0.15, 0.2) is 0 Å². The highest BCUT2D eigenvalue weighted by Gasteiger charge is 2.29. The summed E-state index contributed by atoms with van der Waals surface area (Å²) in [6, 6.07) is 13.1. The third kappa shape index (κ3) is 3.83. The van der Waals surface area contributed by atoms with Crippen molar-refractivity contribution in [2.75, 3.05) is 43.5 Å². The molecular weight excluding hydrogens is 411 g/mol. The van der Waals surface area contributed by atoms with Crippen molar-refractivity contribution in [1.82, 2.24) is 9.88 Å². The lowest BCUT2D eigenvalue weighted by Crippen LogP contribution is -2.36. The van der Waals surface area contributed by atoms with Gasteiger partial charge in [-0.05, 0) is 68.4 Å². The van der Waals surface area contributed by atoms with E-state index in [1.54, 1.807) is 12.1 Å². The van der Waals surface area contributed by atoms with E-state index in [0.717, 1.165) is 58.3 Å². The Morgan fingerprint density at radius 3 is 2.61 bits per heavy atom. The lowest BCUT2D eigenvalue weighted by Gasteiger charge is -2.27. The van der Waals surface area contributed by atoms with Crippen LogP contribution in [0.25, 0.3) is 10.4 Å². The van der Waals surface area contributed by atoms with Gasteiger partial charge in [-0.3, -0.25) is 4.79 Å². The topological polar surface area (TPSA) is 39.7 Å². The quantitative estimate of drug-likeness (QED) is 0.612. The normalized spacial score (nSPS) is 18.7. The third-order valence-corrected chi connectivity index (χ3v) is 7.46. The molecule has 1 fully saturated rings. The van der Waals surface area contributed by atoms with Crippen molar-refractivity contribution >= 4 is 28.7 Å². The van der Waals surface area contributed by atoms with E-state index in [1.807, 2.05) is 23.2 Å². The predicted octanol–water partition coefficient (Wildman–Crippen LogP) is 4.29. The molecule has 5 rings (SSSR count). The molecule has 1 atom stereocenters. The summed E-state index contributed by atoms with van der Waals surface area (Å²) in [4.78, 5) is 26.0. The van der Waals surface area contributed by atoms with Crippen molar-refractivity contribution in [3.8, 4) is 10.4 Å². The Hall–Kier alpha value is -2.77. The maximum Gasteiger partial charge on any atom is 0.268 e. The molecule has 7 heteroatoms. The Morgan fingerprint density at radius 2 is 1.94 bits per heavy atom. The number of fused-ring (bicyclic) bond motifs is 1. The van der Waals surface area contributed by atoms with Gasteiger partial charge in [-0.2, -0.15) is 0 Å². The highest BCUT2D eigenvalue weighted by molar-refractivity contribution is 7.17. The first kappa shape index (κ1) is 20.2. The zero-order chi connectivity index (χ0) is 21.5. The molecule has 0 aliphatic carbocycles. The Morgan fingerprint density at radius 1 is 1.13 bits per heavy atom. The molecule has 1 amide bonds. The molecular formula is C24H25FN4OS. The first-order valence-corrected chi connectivity index (χ1v) is 11.4. The van der Waals surface area contributed by atoms with Gasteiger partial charge in [-0.15, -0.1) is 11.3 Å². The number of carbonyl (C=O) groups excluding carboxylic acids is 1. The van der Waals surface area contributed by atoms with Gasteiger partial charge in [-0.1, -0.05) is 12.1 Å². The maximum absolute atomic E-state index is 13.2. The van der Waals surface area contributed by atoms with Gasteiger partial charge in [0.05, 0.1) is 16.8 Å². The van der Waals surface area contributed by atoms with Gasteiger partial charge in [0.1, 0.15) is 11.6 Å². The number of carbonyl (C=O) groups is 1. The van der Waals surface area contributed by atoms with Gasteiger partial charge < -0.3 is 14.7 Å². The Kier molecular flexibility index (Phi) is 5.24. The standard InChI is InChI=1S/C24H25FN4OS/c1-27(2)20-10-11-28(15-20)22-8-7-19(14-26-22)29-12-9-17-13-21(31-23(17)24(29)30)16-3-5-18(25)6-4-16/h3-8,13-14,20H,9-12,15H2,1-2H3. The fraction of sp³-hybridized carbons (Fsp3) is 0.333. The Balaban J connectivity index is 1.34.